The molecule has 0 aliphatic carbocycles. The highest BCUT2D eigenvalue weighted by molar-refractivity contribution is 7.91. The minimum absolute atomic E-state index is 0.0560. The van der Waals surface area contributed by atoms with E-state index in [-0.39, 0.29) is 23.5 Å². The number of nitrogens with one attached hydrogen (secondary N) is 1. The average molecular weight is 382 g/mol. The summed E-state index contributed by atoms with van der Waals surface area (Å²) in [7, 11) is -2.99. The summed E-state index contributed by atoms with van der Waals surface area (Å²) < 4.78 is 25.3. The average Bonchev–Trinajstić information content (AvgIpc) is 3.20. The number of carbonyl (C=O) groups excluding carboxylic acids is 1. The molecule has 1 fully saturated rings. The first kappa shape index (κ1) is 17.8. The number of amides is 1. The SMILES string of the molecule is O=C(CCn1c(-c2ccccc2)cc2ccccc21)NC1CCS(=O)(=O)C1. The van der Waals surface area contributed by atoms with Crippen LogP contribution < -0.4 is 5.32 Å². The second kappa shape index (κ2) is 7.19. The molecule has 1 saturated heterocycles. The Balaban J connectivity index is 1.54. The first-order chi connectivity index (χ1) is 13.0. The predicted molar refractivity (Wildman–Crippen MR) is 107 cm³/mol. The molecular weight excluding hydrogens is 360 g/mol. The Hall–Kier alpha value is -2.60. The van der Waals surface area contributed by atoms with Gasteiger partial charge in [0.15, 0.2) is 9.84 Å². The van der Waals surface area contributed by atoms with Gasteiger partial charge in [-0.25, -0.2) is 8.42 Å². The predicted octanol–water partition coefficient (Wildman–Crippen LogP) is 3.00. The Morgan fingerprint density at radius 2 is 1.81 bits per heavy atom. The first-order valence-electron chi connectivity index (χ1n) is 9.15. The molecule has 2 heterocycles. The zero-order chi connectivity index (χ0) is 18.9. The first-order valence-corrected chi connectivity index (χ1v) is 11.0. The van der Waals surface area contributed by atoms with Gasteiger partial charge in [0.25, 0.3) is 0 Å². The molecule has 4 rings (SSSR count). The Kier molecular flexibility index (Phi) is 4.74. The van der Waals surface area contributed by atoms with Crippen LogP contribution in [0.2, 0.25) is 0 Å². The molecule has 5 nitrogen and oxygen atoms in total. The van der Waals surface area contributed by atoms with Gasteiger partial charge in [-0.15, -0.1) is 0 Å². The lowest BCUT2D eigenvalue weighted by Gasteiger charge is -2.13. The molecule has 1 aliphatic rings. The third kappa shape index (κ3) is 3.90. The van der Waals surface area contributed by atoms with E-state index < -0.39 is 9.84 Å². The van der Waals surface area contributed by atoms with E-state index in [2.05, 4.69) is 40.2 Å². The molecule has 0 bridgehead atoms. The van der Waals surface area contributed by atoms with Crippen LogP contribution in [0.3, 0.4) is 0 Å². The summed E-state index contributed by atoms with van der Waals surface area (Å²) in [5.41, 5.74) is 3.27. The van der Waals surface area contributed by atoms with Crippen molar-refractivity contribution in [2.45, 2.75) is 25.4 Å². The highest BCUT2D eigenvalue weighted by atomic mass is 32.2. The number of aromatic nitrogens is 1. The van der Waals surface area contributed by atoms with Gasteiger partial charge in [-0.1, -0.05) is 48.5 Å². The third-order valence-electron chi connectivity index (χ3n) is 5.04. The minimum Gasteiger partial charge on any atom is -0.352 e. The van der Waals surface area contributed by atoms with E-state index in [9.17, 15) is 13.2 Å². The Labute approximate surface area is 158 Å². The number of carbonyl (C=O) groups is 1. The smallest absolute Gasteiger partial charge is 0.222 e. The van der Waals surface area contributed by atoms with Crippen molar-refractivity contribution < 1.29 is 13.2 Å². The van der Waals surface area contributed by atoms with E-state index in [0.29, 0.717) is 19.4 Å². The van der Waals surface area contributed by atoms with Gasteiger partial charge in [-0.05, 0) is 24.1 Å². The molecule has 1 aliphatic heterocycles. The van der Waals surface area contributed by atoms with Gasteiger partial charge in [0.2, 0.25) is 5.91 Å². The van der Waals surface area contributed by atoms with E-state index in [1.54, 1.807) is 0 Å². The molecule has 6 heteroatoms. The lowest BCUT2D eigenvalue weighted by molar-refractivity contribution is -0.121. The van der Waals surface area contributed by atoms with Crippen LogP contribution in [-0.4, -0.2) is 36.4 Å². The molecule has 3 aromatic rings. The Morgan fingerprint density at radius 3 is 2.56 bits per heavy atom. The maximum Gasteiger partial charge on any atom is 0.222 e. The number of fused-ring (bicyclic) bond motifs is 1. The summed E-state index contributed by atoms with van der Waals surface area (Å²) in [6.07, 6.45) is 0.824. The van der Waals surface area contributed by atoms with Crippen LogP contribution in [0.5, 0.6) is 0 Å². The molecule has 1 aromatic heterocycles. The molecule has 1 amide bonds. The molecule has 1 unspecified atom stereocenters. The molecule has 140 valence electrons. The van der Waals surface area contributed by atoms with E-state index in [4.69, 9.17) is 0 Å². The zero-order valence-electron chi connectivity index (χ0n) is 15.0. The van der Waals surface area contributed by atoms with Gasteiger partial charge in [0.1, 0.15) is 0 Å². The van der Waals surface area contributed by atoms with Gasteiger partial charge in [0.05, 0.1) is 11.5 Å². The van der Waals surface area contributed by atoms with Crippen LogP contribution in [0.1, 0.15) is 12.8 Å². The number of sulfone groups is 1. The van der Waals surface area contributed by atoms with E-state index in [1.165, 1.54) is 0 Å². The largest absolute Gasteiger partial charge is 0.352 e. The van der Waals surface area contributed by atoms with Crippen molar-refractivity contribution in [1.29, 1.82) is 0 Å². The lowest BCUT2D eigenvalue weighted by Crippen LogP contribution is -2.36. The van der Waals surface area contributed by atoms with Crippen LogP contribution in [0.4, 0.5) is 0 Å². The van der Waals surface area contributed by atoms with Crippen molar-refractivity contribution in [3.05, 3.63) is 60.7 Å². The summed E-state index contributed by atoms with van der Waals surface area (Å²) in [6, 6.07) is 20.2. The van der Waals surface area contributed by atoms with Gasteiger partial charge in [-0.2, -0.15) is 0 Å². The quantitative estimate of drug-likeness (QED) is 0.738. The molecular formula is C21H22N2O3S. The molecule has 2 aromatic carbocycles. The van der Waals surface area contributed by atoms with Crippen molar-refractivity contribution in [2.24, 2.45) is 0 Å². The van der Waals surface area contributed by atoms with Crippen molar-refractivity contribution >= 4 is 26.6 Å². The fourth-order valence-corrected chi connectivity index (χ4v) is 5.39. The number of hydrogen-bond acceptors (Lipinski definition) is 3. The Bertz CT molecular complexity index is 1070. The number of hydrogen-bond donors (Lipinski definition) is 1. The van der Waals surface area contributed by atoms with E-state index in [1.807, 2.05) is 30.3 Å². The number of rotatable bonds is 5. The van der Waals surface area contributed by atoms with Crippen molar-refractivity contribution in [1.82, 2.24) is 9.88 Å². The summed E-state index contributed by atoms with van der Waals surface area (Å²) in [5, 5.41) is 4.01. The van der Waals surface area contributed by atoms with Crippen LogP contribution >= 0.6 is 0 Å². The number of para-hydroxylation sites is 1. The van der Waals surface area contributed by atoms with E-state index in [0.717, 1.165) is 22.2 Å². The van der Waals surface area contributed by atoms with Crippen molar-refractivity contribution in [3.63, 3.8) is 0 Å². The normalized spacial score (nSPS) is 18.6. The van der Waals surface area contributed by atoms with E-state index >= 15 is 0 Å². The van der Waals surface area contributed by atoms with Gasteiger partial charge in [0, 0.05) is 35.6 Å². The standard InChI is InChI=1S/C21H22N2O3S/c24-21(22-18-11-13-27(25,26)15-18)10-12-23-19-9-5-4-8-17(19)14-20(23)16-6-2-1-3-7-16/h1-9,14,18H,10-13,15H2,(H,22,24). The second-order valence-electron chi connectivity index (χ2n) is 7.02. The maximum absolute atomic E-state index is 12.4. The maximum atomic E-state index is 12.4. The lowest BCUT2D eigenvalue weighted by atomic mass is 10.1. The fraction of sp³-hybridized carbons (Fsp3) is 0.286. The second-order valence-corrected chi connectivity index (χ2v) is 9.25. The summed E-state index contributed by atoms with van der Waals surface area (Å²) >= 11 is 0. The van der Waals surface area contributed by atoms with Crippen LogP contribution in [0.15, 0.2) is 60.7 Å². The molecule has 27 heavy (non-hydrogen) atoms. The summed E-state index contributed by atoms with van der Waals surface area (Å²) in [4.78, 5) is 12.4. The third-order valence-corrected chi connectivity index (χ3v) is 6.81. The molecule has 0 radical (unpaired) electrons. The Morgan fingerprint density at radius 1 is 1.07 bits per heavy atom. The zero-order valence-corrected chi connectivity index (χ0v) is 15.8. The number of nitrogens with zero attached hydrogens (tertiary/aromatic N) is 1. The summed E-state index contributed by atoms with van der Waals surface area (Å²) in [6.45, 7) is 0.545. The summed E-state index contributed by atoms with van der Waals surface area (Å²) in [5.74, 6) is 0.118. The highest BCUT2D eigenvalue weighted by Crippen LogP contribution is 2.28. The van der Waals surface area contributed by atoms with Gasteiger partial charge in [-0.3, -0.25) is 4.79 Å². The molecule has 0 spiro atoms. The fourth-order valence-electron chi connectivity index (χ4n) is 3.72. The van der Waals surface area contributed by atoms with Crippen LogP contribution in [-0.2, 0) is 21.2 Å². The van der Waals surface area contributed by atoms with Gasteiger partial charge < -0.3 is 9.88 Å². The van der Waals surface area contributed by atoms with Crippen LogP contribution in [0, 0.1) is 0 Å². The molecule has 1 atom stereocenters. The molecule has 1 N–H and O–H groups in total. The topological polar surface area (TPSA) is 68.2 Å². The highest BCUT2D eigenvalue weighted by Gasteiger charge is 2.28. The van der Waals surface area contributed by atoms with Crippen molar-refractivity contribution in [3.8, 4) is 11.3 Å². The monoisotopic (exact) mass is 382 g/mol. The number of benzene rings is 2. The minimum atomic E-state index is -2.99. The van der Waals surface area contributed by atoms with Crippen molar-refractivity contribution in [2.75, 3.05) is 11.5 Å². The number of aryl methyl sites for hydroxylation is 1. The van der Waals surface area contributed by atoms with Gasteiger partial charge >= 0.3 is 0 Å². The molecule has 0 saturated carbocycles. The van der Waals surface area contributed by atoms with Crippen LogP contribution in [0.25, 0.3) is 22.2 Å².